The summed E-state index contributed by atoms with van der Waals surface area (Å²) in [6.07, 6.45) is -0.994. The summed E-state index contributed by atoms with van der Waals surface area (Å²) < 4.78 is 16.0. The van der Waals surface area contributed by atoms with E-state index in [1.165, 1.54) is 7.11 Å². The highest BCUT2D eigenvalue weighted by atomic mass is 35.5. The highest BCUT2D eigenvalue weighted by Gasteiger charge is 2.20. The van der Waals surface area contributed by atoms with Gasteiger partial charge in [0.05, 0.1) is 26.4 Å². The van der Waals surface area contributed by atoms with Crippen molar-refractivity contribution in [3.8, 4) is 17.2 Å². The molecule has 0 aliphatic heterocycles. The van der Waals surface area contributed by atoms with Crippen molar-refractivity contribution in [2.24, 2.45) is 0 Å². The molecule has 0 amide bonds. The highest BCUT2D eigenvalue weighted by Crippen LogP contribution is 2.38. The molecule has 1 unspecified atom stereocenters. The van der Waals surface area contributed by atoms with E-state index < -0.39 is 6.10 Å². The number of hydrogen-bond donors (Lipinski definition) is 2. The molecule has 0 heterocycles. The summed E-state index contributed by atoms with van der Waals surface area (Å²) in [5.74, 6) is 1.91. The summed E-state index contributed by atoms with van der Waals surface area (Å²) in [4.78, 5) is 0. The van der Waals surface area contributed by atoms with E-state index in [1.54, 1.807) is 44.6 Å². The van der Waals surface area contributed by atoms with Gasteiger partial charge in [-0.2, -0.15) is 0 Å². The molecule has 0 bridgehead atoms. The van der Waals surface area contributed by atoms with E-state index in [1.807, 2.05) is 24.3 Å². The van der Waals surface area contributed by atoms with Gasteiger partial charge in [0.15, 0.2) is 0 Å². The largest absolute Gasteiger partial charge is 0.497 e. The summed E-state index contributed by atoms with van der Waals surface area (Å²) in [6, 6.07) is 16.2. The average Bonchev–Trinajstić information content (AvgIpc) is 2.77. The van der Waals surface area contributed by atoms with Crippen molar-refractivity contribution < 1.29 is 19.3 Å². The van der Waals surface area contributed by atoms with Crippen LogP contribution in [0.1, 0.15) is 22.8 Å². The van der Waals surface area contributed by atoms with E-state index in [0.29, 0.717) is 45.0 Å². The highest BCUT2D eigenvalue weighted by molar-refractivity contribution is 6.33. The molecule has 3 aromatic rings. The van der Waals surface area contributed by atoms with Crippen LogP contribution in [-0.4, -0.2) is 26.4 Å². The summed E-state index contributed by atoms with van der Waals surface area (Å²) in [5, 5.41) is 15.3. The Balaban J connectivity index is 1.91. The average molecular weight is 448 g/mol. The minimum absolute atomic E-state index is 0.357. The van der Waals surface area contributed by atoms with E-state index >= 15 is 0 Å². The topological polar surface area (TPSA) is 60.0 Å². The maximum Gasteiger partial charge on any atom is 0.137 e. The second-order valence-electron chi connectivity index (χ2n) is 6.53. The van der Waals surface area contributed by atoms with Crippen LogP contribution in [0.15, 0.2) is 54.6 Å². The van der Waals surface area contributed by atoms with Crippen molar-refractivity contribution in [2.75, 3.05) is 26.6 Å². The van der Waals surface area contributed by atoms with Crippen molar-refractivity contribution in [1.29, 1.82) is 0 Å². The Bertz CT molecular complexity index is 1030. The Kier molecular flexibility index (Phi) is 7.32. The van der Waals surface area contributed by atoms with Gasteiger partial charge in [-0.25, -0.2) is 0 Å². The van der Waals surface area contributed by atoms with E-state index in [-0.39, 0.29) is 0 Å². The normalized spacial score (nSPS) is 11.7. The Morgan fingerprint density at radius 3 is 2.33 bits per heavy atom. The van der Waals surface area contributed by atoms with Crippen molar-refractivity contribution in [1.82, 2.24) is 0 Å². The second kappa shape index (κ2) is 9.94. The number of methoxy groups -OCH3 is 3. The molecule has 1 atom stereocenters. The van der Waals surface area contributed by atoms with Gasteiger partial charge in [-0.05, 0) is 36.4 Å². The molecule has 7 heteroatoms. The van der Waals surface area contributed by atoms with Crippen LogP contribution >= 0.6 is 23.2 Å². The van der Waals surface area contributed by atoms with Crippen LogP contribution in [0.2, 0.25) is 10.0 Å². The SMILES string of the molecule is COc1ccc(CNc2ccc(Cl)cc2C(O)c2cccc(OC)c2Cl)c(OC)c1. The summed E-state index contributed by atoms with van der Waals surface area (Å²) in [6.45, 7) is 0.473. The number of rotatable bonds is 8. The molecule has 0 radical (unpaired) electrons. The lowest BCUT2D eigenvalue weighted by atomic mass is 9.99. The van der Waals surface area contributed by atoms with Gasteiger partial charge in [0.1, 0.15) is 23.4 Å². The number of halogens is 2. The lowest BCUT2D eigenvalue weighted by Crippen LogP contribution is -2.08. The Labute approximate surface area is 186 Å². The maximum absolute atomic E-state index is 11.1. The molecule has 158 valence electrons. The van der Waals surface area contributed by atoms with Gasteiger partial charge < -0.3 is 24.6 Å². The third-order valence-corrected chi connectivity index (χ3v) is 5.42. The molecule has 0 spiro atoms. The smallest absolute Gasteiger partial charge is 0.137 e. The molecule has 0 saturated heterocycles. The van der Waals surface area contributed by atoms with E-state index in [9.17, 15) is 5.11 Å². The van der Waals surface area contributed by atoms with Crippen molar-refractivity contribution in [3.63, 3.8) is 0 Å². The third kappa shape index (κ3) is 4.75. The second-order valence-corrected chi connectivity index (χ2v) is 7.34. The monoisotopic (exact) mass is 447 g/mol. The molecule has 3 aromatic carbocycles. The molecule has 0 fully saturated rings. The fourth-order valence-electron chi connectivity index (χ4n) is 3.17. The molecule has 2 N–H and O–H groups in total. The van der Waals surface area contributed by atoms with Gasteiger partial charge in [0.2, 0.25) is 0 Å². The molecule has 0 saturated carbocycles. The van der Waals surface area contributed by atoms with Crippen molar-refractivity contribution in [3.05, 3.63) is 81.3 Å². The number of anilines is 1. The van der Waals surface area contributed by atoms with Gasteiger partial charge in [-0.3, -0.25) is 0 Å². The van der Waals surface area contributed by atoms with Crippen LogP contribution in [0.4, 0.5) is 5.69 Å². The molecule has 0 aliphatic carbocycles. The van der Waals surface area contributed by atoms with Crippen LogP contribution < -0.4 is 19.5 Å². The minimum Gasteiger partial charge on any atom is -0.497 e. The van der Waals surface area contributed by atoms with Gasteiger partial charge in [0, 0.05) is 40.0 Å². The Morgan fingerprint density at radius 2 is 1.63 bits per heavy atom. The minimum atomic E-state index is -0.994. The first-order valence-electron chi connectivity index (χ1n) is 9.23. The van der Waals surface area contributed by atoms with Crippen LogP contribution in [0, 0.1) is 0 Å². The molecular weight excluding hydrogens is 425 g/mol. The number of aliphatic hydroxyl groups is 1. The van der Waals surface area contributed by atoms with Crippen LogP contribution in [0.5, 0.6) is 17.2 Å². The Morgan fingerprint density at radius 1 is 0.867 bits per heavy atom. The first-order chi connectivity index (χ1) is 14.5. The molecule has 0 aliphatic rings. The summed E-state index contributed by atoms with van der Waals surface area (Å²) in [5.41, 5.74) is 2.80. The standard InChI is InChI=1S/C23H23Cl2NO4/c1-28-16-9-7-14(21(12-16)30-3)13-26-19-10-8-15(24)11-18(19)23(27)17-5-4-6-20(29-2)22(17)25/h4-12,23,26-27H,13H2,1-3H3. The summed E-state index contributed by atoms with van der Waals surface area (Å²) >= 11 is 12.6. The summed E-state index contributed by atoms with van der Waals surface area (Å²) in [7, 11) is 4.75. The van der Waals surface area contributed by atoms with Crippen LogP contribution in [0.25, 0.3) is 0 Å². The van der Waals surface area contributed by atoms with Crippen LogP contribution in [0.3, 0.4) is 0 Å². The van der Waals surface area contributed by atoms with Crippen molar-refractivity contribution >= 4 is 28.9 Å². The quantitative estimate of drug-likeness (QED) is 0.462. The fourth-order valence-corrected chi connectivity index (χ4v) is 3.66. The zero-order valence-corrected chi connectivity index (χ0v) is 18.4. The van der Waals surface area contributed by atoms with Gasteiger partial charge >= 0.3 is 0 Å². The molecule has 3 rings (SSSR count). The molecule has 5 nitrogen and oxygen atoms in total. The maximum atomic E-state index is 11.1. The Hall–Kier alpha value is -2.60. The predicted molar refractivity (Wildman–Crippen MR) is 120 cm³/mol. The van der Waals surface area contributed by atoms with Gasteiger partial charge in [-0.15, -0.1) is 0 Å². The fraction of sp³-hybridized carbons (Fsp3) is 0.217. The zero-order valence-electron chi connectivity index (χ0n) is 16.9. The number of benzene rings is 3. The number of hydrogen-bond acceptors (Lipinski definition) is 5. The molecule has 0 aromatic heterocycles. The predicted octanol–water partition coefficient (Wildman–Crippen LogP) is 5.71. The number of aliphatic hydroxyl groups excluding tert-OH is 1. The molecular formula is C23H23Cl2NO4. The number of nitrogens with one attached hydrogen (secondary N) is 1. The van der Waals surface area contributed by atoms with Crippen LogP contribution in [-0.2, 0) is 6.54 Å². The van der Waals surface area contributed by atoms with Crippen molar-refractivity contribution in [2.45, 2.75) is 12.6 Å². The zero-order chi connectivity index (χ0) is 21.7. The number of ether oxygens (including phenoxy) is 3. The van der Waals surface area contributed by atoms with Gasteiger partial charge in [0.25, 0.3) is 0 Å². The lowest BCUT2D eigenvalue weighted by Gasteiger charge is -2.20. The van der Waals surface area contributed by atoms with E-state index in [4.69, 9.17) is 37.4 Å². The van der Waals surface area contributed by atoms with Gasteiger partial charge in [-0.1, -0.05) is 35.3 Å². The first-order valence-corrected chi connectivity index (χ1v) is 9.98. The van der Waals surface area contributed by atoms with E-state index in [2.05, 4.69) is 5.32 Å². The van der Waals surface area contributed by atoms with E-state index in [0.717, 1.165) is 11.3 Å². The lowest BCUT2D eigenvalue weighted by molar-refractivity contribution is 0.220. The first kappa shape index (κ1) is 22.1. The molecule has 30 heavy (non-hydrogen) atoms. The third-order valence-electron chi connectivity index (χ3n) is 4.78.